The Balaban J connectivity index is 1.73. The number of carboxylic acid groups (broad SMARTS) is 1. The number of carboxylic acids is 1. The molecule has 102 valence electrons. The Morgan fingerprint density at radius 2 is 2.00 bits per heavy atom. The number of rotatable bonds is 2. The number of hydrogen-bond acceptors (Lipinski definition) is 3. The fourth-order valence-electron chi connectivity index (χ4n) is 3.20. The summed E-state index contributed by atoms with van der Waals surface area (Å²) in [7, 11) is 0. The molecule has 19 heavy (non-hydrogen) atoms. The van der Waals surface area contributed by atoms with E-state index in [-0.39, 0.29) is 0 Å². The molecular formula is C15H19NO3. The van der Waals surface area contributed by atoms with E-state index in [0.29, 0.717) is 11.0 Å². The third-order valence-corrected chi connectivity index (χ3v) is 4.39. The normalized spacial score (nSPS) is 21.2. The van der Waals surface area contributed by atoms with Crippen LogP contribution >= 0.6 is 0 Å². The number of anilines is 1. The van der Waals surface area contributed by atoms with Crippen molar-refractivity contribution >= 4 is 11.7 Å². The van der Waals surface area contributed by atoms with Gasteiger partial charge in [-0.1, -0.05) is 0 Å². The molecule has 2 heterocycles. The highest BCUT2D eigenvalue weighted by atomic mass is 16.5. The number of aromatic carboxylic acids is 1. The molecule has 0 saturated carbocycles. The van der Waals surface area contributed by atoms with Crippen molar-refractivity contribution in [3.05, 3.63) is 29.3 Å². The second-order valence-corrected chi connectivity index (χ2v) is 5.77. The molecule has 1 aromatic carbocycles. The van der Waals surface area contributed by atoms with Crippen LogP contribution in [-0.2, 0) is 4.74 Å². The van der Waals surface area contributed by atoms with Gasteiger partial charge >= 0.3 is 5.97 Å². The second-order valence-electron chi connectivity index (χ2n) is 5.77. The zero-order valence-electron chi connectivity index (χ0n) is 11.2. The summed E-state index contributed by atoms with van der Waals surface area (Å²) in [4.78, 5) is 13.3. The summed E-state index contributed by atoms with van der Waals surface area (Å²) in [5.41, 5.74) is 3.02. The van der Waals surface area contributed by atoms with Crippen LogP contribution in [0.25, 0.3) is 0 Å². The van der Waals surface area contributed by atoms with Gasteiger partial charge in [0.15, 0.2) is 0 Å². The average Bonchev–Trinajstić information content (AvgIpc) is 2.37. The van der Waals surface area contributed by atoms with Crippen molar-refractivity contribution in [2.75, 3.05) is 31.2 Å². The Morgan fingerprint density at radius 3 is 2.58 bits per heavy atom. The molecule has 0 aliphatic carbocycles. The van der Waals surface area contributed by atoms with Gasteiger partial charge in [-0.2, -0.15) is 0 Å². The minimum Gasteiger partial charge on any atom is -0.478 e. The summed E-state index contributed by atoms with van der Waals surface area (Å²) in [6, 6.07) is 5.39. The first-order valence-electron chi connectivity index (χ1n) is 6.76. The molecule has 1 spiro atoms. The Morgan fingerprint density at radius 1 is 1.32 bits per heavy atom. The summed E-state index contributed by atoms with van der Waals surface area (Å²) in [6.45, 7) is 5.89. The number of benzene rings is 1. The molecule has 2 aliphatic rings. The minimum atomic E-state index is -0.862. The lowest BCUT2D eigenvalue weighted by Gasteiger charge is -2.53. The number of carbonyl (C=O) groups is 1. The molecule has 0 aromatic heterocycles. The molecule has 0 radical (unpaired) electrons. The van der Waals surface area contributed by atoms with E-state index in [0.717, 1.165) is 44.7 Å². The van der Waals surface area contributed by atoms with Gasteiger partial charge in [-0.3, -0.25) is 0 Å². The molecule has 4 nitrogen and oxygen atoms in total. The van der Waals surface area contributed by atoms with Gasteiger partial charge in [0.05, 0.1) is 5.56 Å². The monoisotopic (exact) mass is 261 g/mol. The highest BCUT2D eigenvalue weighted by molar-refractivity contribution is 5.88. The molecule has 0 unspecified atom stereocenters. The summed E-state index contributed by atoms with van der Waals surface area (Å²) >= 11 is 0. The van der Waals surface area contributed by atoms with Crippen molar-refractivity contribution in [1.82, 2.24) is 0 Å². The lowest BCUT2D eigenvalue weighted by Crippen LogP contribution is -2.58. The molecule has 2 fully saturated rings. The van der Waals surface area contributed by atoms with Crippen LogP contribution in [-0.4, -0.2) is 37.4 Å². The van der Waals surface area contributed by atoms with E-state index >= 15 is 0 Å². The van der Waals surface area contributed by atoms with Gasteiger partial charge in [0, 0.05) is 37.4 Å². The molecule has 0 amide bonds. The van der Waals surface area contributed by atoms with E-state index in [4.69, 9.17) is 9.84 Å². The predicted octanol–water partition coefficient (Wildman–Crippen LogP) is 2.31. The van der Waals surface area contributed by atoms with E-state index in [9.17, 15) is 4.79 Å². The van der Waals surface area contributed by atoms with Crippen molar-refractivity contribution in [3.63, 3.8) is 0 Å². The van der Waals surface area contributed by atoms with Crippen LogP contribution in [0.5, 0.6) is 0 Å². The van der Waals surface area contributed by atoms with Gasteiger partial charge in [-0.25, -0.2) is 4.79 Å². The Labute approximate surface area is 113 Å². The first kappa shape index (κ1) is 12.5. The number of hydrogen-bond donors (Lipinski definition) is 1. The van der Waals surface area contributed by atoms with Crippen LogP contribution in [0.3, 0.4) is 0 Å². The lowest BCUT2D eigenvalue weighted by atomic mass is 9.73. The van der Waals surface area contributed by atoms with Gasteiger partial charge in [-0.05, 0) is 43.5 Å². The minimum absolute atomic E-state index is 0.363. The topological polar surface area (TPSA) is 49.8 Å². The maximum absolute atomic E-state index is 10.9. The van der Waals surface area contributed by atoms with E-state index in [2.05, 4.69) is 4.90 Å². The van der Waals surface area contributed by atoms with E-state index in [1.807, 2.05) is 13.0 Å². The van der Waals surface area contributed by atoms with Gasteiger partial charge in [0.25, 0.3) is 0 Å². The van der Waals surface area contributed by atoms with Gasteiger partial charge < -0.3 is 14.7 Å². The SMILES string of the molecule is Cc1cc(C(=O)O)ccc1N1CC2(CCOCC2)C1. The smallest absolute Gasteiger partial charge is 0.335 e. The molecular weight excluding hydrogens is 242 g/mol. The average molecular weight is 261 g/mol. The predicted molar refractivity (Wildman–Crippen MR) is 72.8 cm³/mol. The maximum atomic E-state index is 10.9. The molecule has 0 bridgehead atoms. The van der Waals surface area contributed by atoms with Crippen molar-refractivity contribution in [2.45, 2.75) is 19.8 Å². The van der Waals surface area contributed by atoms with Crippen molar-refractivity contribution < 1.29 is 14.6 Å². The Hall–Kier alpha value is -1.55. The van der Waals surface area contributed by atoms with Crippen molar-refractivity contribution in [1.29, 1.82) is 0 Å². The van der Waals surface area contributed by atoms with E-state index in [1.54, 1.807) is 12.1 Å². The number of aryl methyl sites for hydroxylation is 1. The van der Waals surface area contributed by atoms with Crippen LogP contribution in [0, 0.1) is 12.3 Å². The fraction of sp³-hybridized carbons (Fsp3) is 0.533. The standard InChI is InChI=1S/C15H19NO3/c1-11-8-12(14(17)18)2-3-13(11)16-9-15(10-16)4-6-19-7-5-15/h2-3,8H,4-7,9-10H2,1H3,(H,17,18). The van der Waals surface area contributed by atoms with Crippen molar-refractivity contribution in [2.24, 2.45) is 5.41 Å². The number of ether oxygens (including phenoxy) is 1. The van der Waals surface area contributed by atoms with Crippen LogP contribution in [0.2, 0.25) is 0 Å². The van der Waals surface area contributed by atoms with Gasteiger partial charge in [0.2, 0.25) is 0 Å². The maximum Gasteiger partial charge on any atom is 0.335 e. The lowest BCUT2D eigenvalue weighted by molar-refractivity contribution is -0.000231. The first-order chi connectivity index (χ1) is 9.10. The molecule has 3 rings (SSSR count). The van der Waals surface area contributed by atoms with Gasteiger partial charge in [0.1, 0.15) is 0 Å². The largest absolute Gasteiger partial charge is 0.478 e. The Bertz CT molecular complexity index is 498. The summed E-state index contributed by atoms with van der Waals surface area (Å²) in [5, 5.41) is 8.98. The molecule has 1 N–H and O–H groups in total. The van der Waals surface area contributed by atoms with Crippen LogP contribution in [0.4, 0.5) is 5.69 Å². The third-order valence-electron chi connectivity index (χ3n) is 4.39. The molecule has 2 aliphatic heterocycles. The molecule has 0 atom stereocenters. The van der Waals surface area contributed by atoms with E-state index < -0.39 is 5.97 Å². The van der Waals surface area contributed by atoms with Crippen LogP contribution < -0.4 is 4.90 Å². The summed E-state index contributed by atoms with van der Waals surface area (Å²) < 4.78 is 5.42. The summed E-state index contributed by atoms with van der Waals surface area (Å²) in [5.74, 6) is -0.862. The van der Waals surface area contributed by atoms with Gasteiger partial charge in [-0.15, -0.1) is 0 Å². The van der Waals surface area contributed by atoms with E-state index in [1.165, 1.54) is 5.69 Å². The Kier molecular flexibility index (Phi) is 2.97. The highest BCUT2D eigenvalue weighted by Crippen LogP contribution is 2.42. The van der Waals surface area contributed by atoms with Crippen molar-refractivity contribution in [3.8, 4) is 0 Å². The zero-order valence-corrected chi connectivity index (χ0v) is 11.2. The quantitative estimate of drug-likeness (QED) is 0.887. The number of nitrogens with zero attached hydrogens (tertiary/aromatic N) is 1. The molecule has 2 saturated heterocycles. The zero-order chi connectivity index (χ0) is 13.5. The first-order valence-corrected chi connectivity index (χ1v) is 6.76. The molecule has 1 aromatic rings. The van der Waals surface area contributed by atoms with Crippen LogP contribution in [0.15, 0.2) is 18.2 Å². The second kappa shape index (κ2) is 4.53. The summed E-state index contributed by atoms with van der Waals surface area (Å²) in [6.07, 6.45) is 2.30. The van der Waals surface area contributed by atoms with Crippen LogP contribution in [0.1, 0.15) is 28.8 Å². The fourth-order valence-corrected chi connectivity index (χ4v) is 3.20. The highest BCUT2D eigenvalue weighted by Gasteiger charge is 2.44. The third kappa shape index (κ3) is 2.21. The molecule has 4 heteroatoms.